The predicted octanol–water partition coefficient (Wildman–Crippen LogP) is 17.4. The van der Waals surface area contributed by atoms with Crippen LogP contribution < -0.4 is 4.90 Å². The fourth-order valence-electron chi connectivity index (χ4n) is 9.82. The van der Waals surface area contributed by atoms with Gasteiger partial charge in [0, 0.05) is 43.2 Å². The number of hydrogen-bond acceptors (Lipinski definition) is 3. The summed E-state index contributed by atoms with van der Waals surface area (Å²) < 4.78 is 9.57. The zero-order chi connectivity index (χ0) is 40.0. The molecule has 61 heavy (non-hydrogen) atoms. The zero-order valence-corrected chi connectivity index (χ0v) is 33.8. The Labute approximate surface area is 355 Å². The van der Waals surface area contributed by atoms with E-state index in [1.54, 1.807) is 0 Å². The number of nitrogens with zero attached hydrogens (tertiary/aromatic N) is 1. The quantitative estimate of drug-likeness (QED) is 0.161. The molecule has 13 rings (SSSR count). The Balaban J connectivity index is 1.05. The van der Waals surface area contributed by atoms with Gasteiger partial charge in [0.15, 0.2) is 0 Å². The van der Waals surface area contributed by atoms with E-state index in [-0.39, 0.29) is 0 Å². The van der Waals surface area contributed by atoms with Crippen molar-refractivity contribution in [3.05, 3.63) is 212 Å². The third-order valence-electron chi connectivity index (χ3n) is 12.6. The van der Waals surface area contributed by atoms with Gasteiger partial charge in [0.2, 0.25) is 0 Å². The van der Waals surface area contributed by atoms with Crippen LogP contribution in [0.4, 0.5) is 17.1 Å². The molecule has 0 amide bonds. The lowest BCUT2D eigenvalue weighted by Crippen LogP contribution is -2.10. The van der Waals surface area contributed by atoms with Gasteiger partial charge in [-0.05, 0) is 114 Å². The van der Waals surface area contributed by atoms with Crippen molar-refractivity contribution in [1.29, 1.82) is 0 Å². The average molecular weight is 794 g/mol. The Morgan fingerprint density at radius 3 is 1.70 bits per heavy atom. The minimum atomic E-state index is 0.868. The summed E-state index contributed by atoms with van der Waals surface area (Å²) >= 11 is 1.86. The van der Waals surface area contributed by atoms with E-state index < -0.39 is 0 Å². The van der Waals surface area contributed by atoms with Gasteiger partial charge in [0.25, 0.3) is 0 Å². The highest BCUT2D eigenvalue weighted by Gasteiger charge is 2.22. The first-order chi connectivity index (χ1) is 30.2. The molecule has 11 aromatic carbocycles. The second-order valence-corrected chi connectivity index (χ2v) is 17.0. The van der Waals surface area contributed by atoms with Crippen molar-refractivity contribution in [3.8, 4) is 22.3 Å². The normalized spacial score (nSPS) is 11.9. The van der Waals surface area contributed by atoms with E-state index in [2.05, 4.69) is 217 Å². The van der Waals surface area contributed by atoms with E-state index in [1.165, 1.54) is 74.4 Å². The Hall–Kier alpha value is -7.72. The number of anilines is 3. The molecule has 2 heterocycles. The molecule has 0 radical (unpaired) electrons. The van der Waals surface area contributed by atoms with Crippen LogP contribution in [-0.2, 0) is 0 Å². The van der Waals surface area contributed by atoms with Crippen LogP contribution in [0, 0.1) is 0 Å². The van der Waals surface area contributed by atoms with E-state index >= 15 is 0 Å². The van der Waals surface area contributed by atoms with Crippen LogP contribution in [0.15, 0.2) is 217 Å². The van der Waals surface area contributed by atoms with Crippen LogP contribution in [0.5, 0.6) is 0 Å². The van der Waals surface area contributed by atoms with Crippen LogP contribution in [0.2, 0.25) is 0 Å². The van der Waals surface area contributed by atoms with E-state index in [0.717, 1.165) is 50.1 Å². The first kappa shape index (κ1) is 34.2. The Morgan fingerprint density at radius 2 is 0.934 bits per heavy atom. The van der Waals surface area contributed by atoms with Crippen LogP contribution >= 0.6 is 11.3 Å². The molecule has 0 aliphatic carbocycles. The topological polar surface area (TPSA) is 16.4 Å². The first-order valence-corrected chi connectivity index (χ1v) is 21.6. The van der Waals surface area contributed by atoms with Gasteiger partial charge in [-0.3, -0.25) is 0 Å². The Morgan fingerprint density at radius 1 is 0.344 bits per heavy atom. The van der Waals surface area contributed by atoms with Crippen LogP contribution in [0.25, 0.3) is 107 Å². The molecule has 0 spiro atoms. The maximum atomic E-state index is 7.02. The largest absolute Gasteiger partial charge is 0.455 e. The lowest BCUT2D eigenvalue weighted by Gasteiger charge is -2.26. The fraction of sp³-hybridized carbons (Fsp3) is 0. The minimum Gasteiger partial charge on any atom is -0.455 e. The molecular formula is C58H35NOS. The maximum absolute atomic E-state index is 7.02. The number of fused-ring (bicyclic) bond motifs is 13. The molecule has 2 aromatic heterocycles. The van der Waals surface area contributed by atoms with Gasteiger partial charge in [-0.25, -0.2) is 0 Å². The molecule has 0 N–H and O–H groups in total. The summed E-state index contributed by atoms with van der Waals surface area (Å²) in [6.07, 6.45) is 0. The summed E-state index contributed by atoms with van der Waals surface area (Å²) in [5.41, 5.74) is 9.75. The second-order valence-electron chi connectivity index (χ2n) is 16.0. The van der Waals surface area contributed by atoms with Gasteiger partial charge in [-0.15, -0.1) is 11.3 Å². The third kappa shape index (κ3) is 5.28. The molecule has 0 aliphatic heterocycles. The molecular weight excluding hydrogens is 759 g/mol. The van der Waals surface area contributed by atoms with Gasteiger partial charge >= 0.3 is 0 Å². The van der Waals surface area contributed by atoms with E-state index in [1.807, 2.05) is 11.3 Å². The molecule has 0 fully saturated rings. The summed E-state index contributed by atoms with van der Waals surface area (Å²) in [6.45, 7) is 0. The van der Waals surface area contributed by atoms with Crippen molar-refractivity contribution >= 4 is 114 Å². The van der Waals surface area contributed by atoms with Gasteiger partial charge in [-0.2, -0.15) is 0 Å². The number of benzene rings is 11. The van der Waals surface area contributed by atoms with Crippen molar-refractivity contribution in [2.75, 3.05) is 4.90 Å². The summed E-state index contributed by atoms with van der Waals surface area (Å²) in [6, 6.07) is 77.4. The average Bonchev–Trinajstić information content (AvgIpc) is 3.90. The number of thiophene rings is 1. The molecule has 2 nitrogen and oxygen atoms in total. The van der Waals surface area contributed by atoms with Crippen molar-refractivity contribution in [2.24, 2.45) is 0 Å². The zero-order valence-electron chi connectivity index (χ0n) is 33.0. The van der Waals surface area contributed by atoms with Crippen molar-refractivity contribution < 1.29 is 4.42 Å². The van der Waals surface area contributed by atoms with E-state index in [0.29, 0.717) is 0 Å². The van der Waals surface area contributed by atoms with Crippen molar-refractivity contribution in [2.45, 2.75) is 0 Å². The molecule has 0 saturated carbocycles. The molecule has 284 valence electrons. The van der Waals surface area contributed by atoms with E-state index in [9.17, 15) is 0 Å². The third-order valence-corrected chi connectivity index (χ3v) is 13.8. The predicted molar refractivity (Wildman–Crippen MR) is 262 cm³/mol. The summed E-state index contributed by atoms with van der Waals surface area (Å²) in [5.74, 6) is 0. The molecule has 0 atom stereocenters. The van der Waals surface area contributed by atoms with Crippen LogP contribution in [0.1, 0.15) is 0 Å². The maximum Gasteiger partial charge on any atom is 0.143 e. The fourth-order valence-corrected chi connectivity index (χ4v) is 11.0. The van der Waals surface area contributed by atoms with Crippen molar-refractivity contribution in [3.63, 3.8) is 0 Å². The van der Waals surface area contributed by atoms with Gasteiger partial charge < -0.3 is 9.32 Å². The summed E-state index contributed by atoms with van der Waals surface area (Å²) in [7, 11) is 0. The minimum absolute atomic E-state index is 0.868. The smallest absolute Gasteiger partial charge is 0.143 e. The summed E-state index contributed by atoms with van der Waals surface area (Å²) in [4.78, 5) is 2.42. The Kier molecular flexibility index (Phi) is 7.51. The number of furan rings is 1. The van der Waals surface area contributed by atoms with Crippen LogP contribution in [0.3, 0.4) is 0 Å². The van der Waals surface area contributed by atoms with Crippen molar-refractivity contribution in [1.82, 2.24) is 0 Å². The molecule has 0 saturated heterocycles. The monoisotopic (exact) mass is 793 g/mol. The SMILES string of the molecule is c1ccc(-c2ccc(N(c3ccc4oc5c(-c6ccc7c8ccccc8c8ccccc8c7c6)c6ccccc6cc5c4c3)c3cccc4c3sc3ccccc34)cc2)cc1. The molecule has 0 aliphatic rings. The van der Waals surface area contributed by atoms with Gasteiger partial charge in [0.1, 0.15) is 11.2 Å². The standard InChI is InChI=1S/C58H35NOS/c1-2-13-36(14-3-1)37-25-28-40(29-26-37)59(53-23-12-22-49-48-21-10-11-24-55(48)61-58(49)53)41-30-32-54-51(35-41)52-33-38-15-4-5-16-42(38)56(57(52)60-54)39-27-31-47-45-19-7-6-17-43(45)44-18-8-9-20-46(44)50(47)34-39/h1-35H. The highest BCUT2D eigenvalue weighted by Crippen LogP contribution is 2.48. The van der Waals surface area contributed by atoms with E-state index in [4.69, 9.17) is 4.42 Å². The lowest BCUT2D eigenvalue weighted by molar-refractivity contribution is 0.670. The first-order valence-electron chi connectivity index (χ1n) is 20.8. The highest BCUT2D eigenvalue weighted by atomic mass is 32.1. The molecule has 0 bridgehead atoms. The second kappa shape index (κ2) is 13.4. The Bertz CT molecular complexity index is 3840. The molecule has 0 unspecified atom stereocenters. The number of rotatable bonds is 5. The number of hydrogen-bond donors (Lipinski definition) is 0. The van der Waals surface area contributed by atoms with Gasteiger partial charge in [-0.1, -0.05) is 158 Å². The lowest BCUT2D eigenvalue weighted by atomic mass is 9.90. The van der Waals surface area contributed by atoms with Gasteiger partial charge in [0.05, 0.1) is 10.4 Å². The van der Waals surface area contributed by atoms with Crippen LogP contribution in [-0.4, -0.2) is 0 Å². The molecule has 13 aromatic rings. The summed E-state index contributed by atoms with van der Waals surface area (Å²) in [5, 5.41) is 14.7. The molecule has 3 heteroatoms. The highest BCUT2D eigenvalue weighted by molar-refractivity contribution is 7.26.